The molecule has 1 unspecified atom stereocenters. The molecular formula is C16H21N5O2S. The van der Waals surface area contributed by atoms with Gasteiger partial charge in [-0.05, 0) is 18.9 Å². The Kier molecular flexibility index (Phi) is 4.94. The van der Waals surface area contributed by atoms with Crippen molar-refractivity contribution < 1.29 is 8.42 Å². The van der Waals surface area contributed by atoms with Crippen molar-refractivity contribution in [2.75, 3.05) is 28.3 Å². The first-order valence-corrected chi connectivity index (χ1v) is 9.83. The predicted molar refractivity (Wildman–Crippen MR) is 93.7 cm³/mol. The van der Waals surface area contributed by atoms with Gasteiger partial charge in [-0.25, -0.2) is 8.42 Å². The maximum atomic E-state index is 11.6. The summed E-state index contributed by atoms with van der Waals surface area (Å²) in [5, 5.41) is 11.3. The maximum absolute atomic E-state index is 11.6. The number of nitrogens with zero attached hydrogens (tertiary/aromatic N) is 4. The van der Waals surface area contributed by atoms with E-state index < -0.39 is 9.84 Å². The summed E-state index contributed by atoms with van der Waals surface area (Å²) in [6.45, 7) is 3.48. The van der Waals surface area contributed by atoms with E-state index in [9.17, 15) is 8.42 Å². The Balaban J connectivity index is 1.71. The zero-order valence-corrected chi connectivity index (χ0v) is 14.4. The zero-order chi connectivity index (χ0) is 17.0. The van der Waals surface area contributed by atoms with Crippen molar-refractivity contribution in [3.63, 3.8) is 0 Å². The first kappa shape index (κ1) is 16.6. The molecule has 1 atom stereocenters. The third kappa shape index (κ3) is 4.19. The Hall–Kier alpha value is -2.22. The lowest BCUT2D eigenvalue weighted by Gasteiger charge is -2.21. The second kappa shape index (κ2) is 7.12. The van der Waals surface area contributed by atoms with E-state index >= 15 is 0 Å². The second-order valence-electron chi connectivity index (χ2n) is 5.89. The quantitative estimate of drug-likeness (QED) is 0.847. The fourth-order valence-electron chi connectivity index (χ4n) is 2.74. The van der Waals surface area contributed by atoms with E-state index in [-0.39, 0.29) is 17.5 Å². The zero-order valence-electron chi connectivity index (χ0n) is 13.6. The highest BCUT2D eigenvalue weighted by molar-refractivity contribution is 7.91. The van der Waals surface area contributed by atoms with Crippen LogP contribution in [0.1, 0.15) is 18.9 Å². The molecule has 2 heterocycles. The Labute approximate surface area is 142 Å². The number of nitrogens with one attached hydrogen (secondary N) is 1. The number of benzene rings is 1. The smallest absolute Gasteiger partial charge is 0.247 e. The fraction of sp³-hybridized carbons (Fsp3) is 0.438. The van der Waals surface area contributed by atoms with Gasteiger partial charge in [-0.15, -0.1) is 5.10 Å². The molecule has 3 rings (SSSR count). The standard InChI is InChI=1S/C16H21N5O2S/c1-2-21(11-13-6-4-3-5-7-13)16-19-15(10-17-20-16)18-14-8-9-24(22,23)12-14/h3-7,10,14H,2,8-9,11-12H2,1H3,(H,18,19,20). The van der Waals surface area contributed by atoms with Gasteiger partial charge in [0.25, 0.3) is 0 Å². The third-order valence-electron chi connectivity index (χ3n) is 4.01. The fourth-order valence-corrected chi connectivity index (χ4v) is 4.42. The first-order valence-electron chi connectivity index (χ1n) is 8.01. The van der Waals surface area contributed by atoms with Crippen LogP contribution >= 0.6 is 0 Å². The van der Waals surface area contributed by atoms with Crippen molar-refractivity contribution in [2.24, 2.45) is 0 Å². The number of anilines is 2. The van der Waals surface area contributed by atoms with Crippen LogP contribution in [0.2, 0.25) is 0 Å². The molecule has 1 saturated heterocycles. The van der Waals surface area contributed by atoms with Gasteiger partial charge in [0.1, 0.15) is 0 Å². The maximum Gasteiger partial charge on any atom is 0.247 e. The van der Waals surface area contributed by atoms with Gasteiger partial charge >= 0.3 is 0 Å². The lowest BCUT2D eigenvalue weighted by atomic mass is 10.2. The van der Waals surface area contributed by atoms with E-state index in [2.05, 4.69) is 32.6 Å². The number of hydrogen-bond donors (Lipinski definition) is 1. The van der Waals surface area contributed by atoms with Crippen molar-refractivity contribution in [3.8, 4) is 0 Å². The molecule has 0 aliphatic carbocycles. The molecule has 1 aromatic carbocycles. The van der Waals surface area contributed by atoms with E-state index in [4.69, 9.17) is 0 Å². The Morgan fingerprint density at radius 2 is 2.08 bits per heavy atom. The van der Waals surface area contributed by atoms with Crippen LogP contribution in [-0.2, 0) is 16.4 Å². The van der Waals surface area contributed by atoms with Crippen LogP contribution < -0.4 is 10.2 Å². The normalized spacial score (nSPS) is 19.1. The minimum Gasteiger partial charge on any atom is -0.365 e. The van der Waals surface area contributed by atoms with Gasteiger partial charge in [0.15, 0.2) is 15.7 Å². The molecule has 8 heteroatoms. The lowest BCUT2D eigenvalue weighted by molar-refractivity contribution is 0.602. The Morgan fingerprint density at radius 1 is 1.29 bits per heavy atom. The van der Waals surface area contributed by atoms with E-state index in [1.165, 1.54) is 11.8 Å². The van der Waals surface area contributed by atoms with Crippen LogP contribution in [0, 0.1) is 0 Å². The van der Waals surface area contributed by atoms with Crippen molar-refractivity contribution in [3.05, 3.63) is 42.1 Å². The van der Waals surface area contributed by atoms with Crippen LogP contribution in [0.3, 0.4) is 0 Å². The molecule has 7 nitrogen and oxygen atoms in total. The van der Waals surface area contributed by atoms with Gasteiger partial charge in [-0.2, -0.15) is 10.1 Å². The van der Waals surface area contributed by atoms with Gasteiger partial charge in [-0.3, -0.25) is 0 Å². The number of hydrogen-bond acceptors (Lipinski definition) is 7. The largest absolute Gasteiger partial charge is 0.365 e. The predicted octanol–water partition coefficient (Wildman–Crippen LogP) is 1.50. The van der Waals surface area contributed by atoms with Crippen molar-refractivity contribution >= 4 is 21.6 Å². The average Bonchev–Trinajstić information content (AvgIpc) is 2.92. The Morgan fingerprint density at radius 3 is 2.75 bits per heavy atom. The molecule has 1 aliphatic rings. The number of sulfone groups is 1. The van der Waals surface area contributed by atoms with Crippen LogP contribution in [-0.4, -0.2) is 47.7 Å². The molecule has 1 fully saturated rings. The van der Waals surface area contributed by atoms with Gasteiger partial charge in [-0.1, -0.05) is 30.3 Å². The lowest BCUT2D eigenvalue weighted by Crippen LogP contribution is -2.26. The second-order valence-corrected chi connectivity index (χ2v) is 8.11. The van der Waals surface area contributed by atoms with Gasteiger partial charge < -0.3 is 10.2 Å². The van der Waals surface area contributed by atoms with Crippen LogP contribution in [0.15, 0.2) is 36.5 Å². The topological polar surface area (TPSA) is 88.1 Å². The molecule has 1 N–H and O–H groups in total. The molecule has 24 heavy (non-hydrogen) atoms. The molecular weight excluding hydrogens is 326 g/mol. The number of rotatable bonds is 6. The van der Waals surface area contributed by atoms with Crippen LogP contribution in [0.5, 0.6) is 0 Å². The number of aromatic nitrogens is 3. The van der Waals surface area contributed by atoms with Crippen molar-refractivity contribution in [1.82, 2.24) is 15.2 Å². The summed E-state index contributed by atoms with van der Waals surface area (Å²) < 4.78 is 23.1. The molecule has 2 aromatic rings. The molecule has 0 saturated carbocycles. The molecule has 0 amide bonds. The molecule has 0 radical (unpaired) electrons. The molecule has 0 spiro atoms. The van der Waals surface area contributed by atoms with Gasteiger partial charge in [0.2, 0.25) is 5.95 Å². The highest BCUT2D eigenvalue weighted by Gasteiger charge is 2.28. The highest BCUT2D eigenvalue weighted by atomic mass is 32.2. The minimum atomic E-state index is -2.92. The van der Waals surface area contributed by atoms with Crippen LogP contribution in [0.4, 0.5) is 11.8 Å². The van der Waals surface area contributed by atoms with E-state index in [1.54, 1.807) is 0 Å². The molecule has 0 bridgehead atoms. The monoisotopic (exact) mass is 347 g/mol. The SMILES string of the molecule is CCN(Cc1ccccc1)c1nncc(NC2CCS(=O)(=O)C2)n1. The summed E-state index contributed by atoms with van der Waals surface area (Å²) in [4.78, 5) is 6.52. The van der Waals surface area contributed by atoms with Gasteiger partial charge in [0, 0.05) is 19.1 Å². The molecule has 1 aromatic heterocycles. The van der Waals surface area contributed by atoms with E-state index in [1.807, 2.05) is 30.0 Å². The first-order chi connectivity index (χ1) is 11.6. The average molecular weight is 347 g/mol. The summed E-state index contributed by atoms with van der Waals surface area (Å²) in [5.41, 5.74) is 1.17. The van der Waals surface area contributed by atoms with E-state index in [0.29, 0.717) is 24.7 Å². The Bertz CT molecular complexity index is 782. The summed E-state index contributed by atoms with van der Waals surface area (Å²) in [6.07, 6.45) is 2.13. The summed E-state index contributed by atoms with van der Waals surface area (Å²) in [5.74, 6) is 1.47. The summed E-state index contributed by atoms with van der Waals surface area (Å²) in [7, 11) is -2.92. The molecule has 1 aliphatic heterocycles. The molecule has 128 valence electrons. The van der Waals surface area contributed by atoms with Crippen molar-refractivity contribution in [2.45, 2.75) is 25.9 Å². The third-order valence-corrected chi connectivity index (χ3v) is 5.78. The van der Waals surface area contributed by atoms with Crippen LogP contribution in [0.25, 0.3) is 0 Å². The van der Waals surface area contributed by atoms with Gasteiger partial charge in [0.05, 0.1) is 17.7 Å². The van der Waals surface area contributed by atoms with Crippen molar-refractivity contribution in [1.29, 1.82) is 0 Å². The minimum absolute atomic E-state index is 0.108. The van der Waals surface area contributed by atoms with E-state index in [0.717, 1.165) is 6.54 Å². The summed E-state index contributed by atoms with van der Waals surface area (Å²) in [6, 6.07) is 9.99. The highest BCUT2D eigenvalue weighted by Crippen LogP contribution is 2.18. The summed E-state index contributed by atoms with van der Waals surface area (Å²) >= 11 is 0.